The van der Waals surface area contributed by atoms with E-state index in [9.17, 15) is 14.4 Å². The van der Waals surface area contributed by atoms with Crippen LogP contribution in [0.5, 0.6) is 5.75 Å². The molecule has 0 aromatic heterocycles. The van der Waals surface area contributed by atoms with Gasteiger partial charge in [-0.25, -0.2) is 0 Å². The van der Waals surface area contributed by atoms with Gasteiger partial charge in [-0.3, -0.25) is 14.4 Å². The molecule has 126 valence electrons. The number of nitrogens with zero attached hydrogens (tertiary/aromatic N) is 1. The largest absolute Gasteiger partial charge is 0.481 e. The molecule has 0 bridgehead atoms. The second-order valence-corrected chi connectivity index (χ2v) is 4.99. The normalized spacial score (nSPS) is 11.6. The Labute approximate surface area is 134 Å². The van der Waals surface area contributed by atoms with Crippen LogP contribution in [0.2, 0.25) is 0 Å². The third kappa shape index (κ3) is 6.07. The van der Waals surface area contributed by atoms with Crippen LogP contribution in [0.4, 0.5) is 0 Å². The summed E-state index contributed by atoms with van der Waals surface area (Å²) in [6, 6.07) is 6.48. The lowest BCUT2D eigenvalue weighted by Crippen LogP contribution is -2.44. The van der Waals surface area contributed by atoms with Crippen molar-refractivity contribution in [2.75, 3.05) is 26.8 Å². The van der Waals surface area contributed by atoms with Gasteiger partial charge in [0, 0.05) is 19.2 Å². The molecule has 1 unspecified atom stereocenters. The van der Waals surface area contributed by atoms with Gasteiger partial charge in [-0.05, 0) is 26.0 Å². The van der Waals surface area contributed by atoms with Gasteiger partial charge in [0.1, 0.15) is 12.3 Å². The molecule has 1 aromatic carbocycles. The Morgan fingerprint density at radius 1 is 1.30 bits per heavy atom. The number of benzene rings is 1. The topological polar surface area (TPSA) is 93.1 Å². The summed E-state index contributed by atoms with van der Waals surface area (Å²) < 4.78 is 10.4. The molecule has 0 spiro atoms. The van der Waals surface area contributed by atoms with E-state index < -0.39 is 24.5 Å². The van der Waals surface area contributed by atoms with Gasteiger partial charge in [-0.15, -0.1) is 0 Å². The van der Waals surface area contributed by atoms with Crippen molar-refractivity contribution in [2.45, 2.75) is 20.0 Å². The second kappa shape index (κ2) is 8.89. The van der Waals surface area contributed by atoms with Gasteiger partial charge in [0.25, 0.3) is 5.91 Å². The minimum atomic E-state index is -1.11. The molecule has 0 aliphatic carbocycles. The molecule has 0 saturated carbocycles. The fourth-order valence-electron chi connectivity index (χ4n) is 1.93. The van der Waals surface area contributed by atoms with Crippen LogP contribution < -0.4 is 4.74 Å². The molecule has 0 aliphatic heterocycles. The lowest BCUT2D eigenvalue weighted by Gasteiger charge is -2.24. The highest BCUT2D eigenvalue weighted by Gasteiger charge is 2.24. The van der Waals surface area contributed by atoms with Crippen LogP contribution in [0.15, 0.2) is 24.3 Å². The Bertz CT molecular complexity index is 571. The number of carboxylic acid groups (broad SMARTS) is 1. The zero-order chi connectivity index (χ0) is 17.4. The van der Waals surface area contributed by atoms with Crippen LogP contribution in [-0.4, -0.2) is 60.6 Å². The molecular weight excluding hydrogens is 302 g/mol. The fraction of sp³-hybridized carbons (Fsp3) is 0.438. The number of amides is 1. The molecule has 1 aromatic rings. The third-order valence-electron chi connectivity index (χ3n) is 3.10. The number of Topliss-reactive ketones (excluding diaryl/α,β-unsaturated/α-hetero) is 1. The molecule has 1 rings (SSSR count). The summed E-state index contributed by atoms with van der Waals surface area (Å²) >= 11 is 0. The van der Waals surface area contributed by atoms with Gasteiger partial charge in [0.05, 0.1) is 6.61 Å². The van der Waals surface area contributed by atoms with Crippen molar-refractivity contribution in [1.82, 2.24) is 4.90 Å². The number of carbonyl (C=O) groups is 3. The van der Waals surface area contributed by atoms with E-state index in [1.165, 1.54) is 21.0 Å². The maximum atomic E-state index is 12.3. The van der Waals surface area contributed by atoms with Crippen molar-refractivity contribution in [2.24, 2.45) is 0 Å². The highest BCUT2D eigenvalue weighted by atomic mass is 16.5. The first kappa shape index (κ1) is 18.6. The molecule has 7 heteroatoms. The SMILES string of the molecule is COCCN(CC(=O)O)C(=O)C(C)Oc1cccc(C(C)=O)c1. The number of ketones is 1. The number of hydrogen-bond donors (Lipinski definition) is 1. The average molecular weight is 323 g/mol. The summed E-state index contributed by atoms with van der Waals surface area (Å²) in [7, 11) is 1.47. The molecule has 0 radical (unpaired) electrons. The number of rotatable bonds is 9. The molecule has 1 N–H and O–H groups in total. The van der Waals surface area contributed by atoms with Crippen molar-refractivity contribution in [3.63, 3.8) is 0 Å². The van der Waals surface area contributed by atoms with Gasteiger partial charge in [0.2, 0.25) is 0 Å². The number of carbonyl (C=O) groups excluding carboxylic acids is 2. The van der Waals surface area contributed by atoms with E-state index >= 15 is 0 Å². The molecular formula is C16H21NO6. The fourth-order valence-corrected chi connectivity index (χ4v) is 1.93. The molecule has 7 nitrogen and oxygen atoms in total. The van der Waals surface area contributed by atoms with Crippen LogP contribution in [0.1, 0.15) is 24.2 Å². The number of aliphatic carboxylic acids is 1. The summed E-state index contributed by atoms with van der Waals surface area (Å²) in [6.07, 6.45) is -0.881. The van der Waals surface area contributed by atoms with E-state index in [0.717, 1.165) is 4.90 Å². The van der Waals surface area contributed by atoms with Crippen molar-refractivity contribution < 1.29 is 29.0 Å². The van der Waals surface area contributed by atoms with Crippen molar-refractivity contribution >= 4 is 17.7 Å². The van der Waals surface area contributed by atoms with E-state index in [2.05, 4.69) is 0 Å². The average Bonchev–Trinajstić information content (AvgIpc) is 2.50. The molecule has 0 heterocycles. The summed E-state index contributed by atoms with van der Waals surface area (Å²) in [5, 5.41) is 8.89. The van der Waals surface area contributed by atoms with Crippen molar-refractivity contribution in [3.05, 3.63) is 29.8 Å². The van der Waals surface area contributed by atoms with Crippen LogP contribution in [0.3, 0.4) is 0 Å². The second-order valence-electron chi connectivity index (χ2n) is 4.99. The number of ether oxygens (including phenoxy) is 2. The number of hydrogen-bond acceptors (Lipinski definition) is 5. The first-order valence-corrected chi connectivity index (χ1v) is 7.12. The molecule has 23 heavy (non-hydrogen) atoms. The van der Waals surface area contributed by atoms with Crippen molar-refractivity contribution in [1.29, 1.82) is 0 Å². The highest BCUT2D eigenvalue weighted by Crippen LogP contribution is 2.16. The zero-order valence-corrected chi connectivity index (χ0v) is 13.4. The van der Waals surface area contributed by atoms with Gasteiger partial charge in [-0.2, -0.15) is 0 Å². The van der Waals surface area contributed by atoms with E-state index in [1.807, 2.05) is 0 Å². The molecule has 0 saturated heterocycles. The quantitative estimate of drug-likeness (QED) is 0.687. The van der Waals surface area contributed by atoms with Gasteiger partial charge >= 0.3 is 5.97 Å². The van der Waals surface area contributed by atoms with Crippen LogP contribution in [0.25, 0.3) is 0 Å². The van der Waals surface area contributed by atoms with Gasteiger partial charge in [0.15, 0.2) is 11.9 Å². The Kier molecular flexibility index (Phi) is 7.21. The predicted molar refractivity (Wildman–Crippen MR) is 82.6 cm³/mol. The maximum absolute atomic E-state index is 12.3. The predicted octanol–water partition coefficient (Wildman–Crippen LogP) is 1.22. The van der Waals surface area contributed by atoms with Crippen LogP contribution >= 0.6 is 0 Å². The van der Waals surface area contributed by atoms with Crippen LogP contribution in [-0.2, 0) is 14.3 Å². The Balaban J connectivity index is 2.78. The number of carboxylic acids is 1. The molecule has 0 fully saturated rings. The highest BCUT2D eigenvalue weighted by molar-refractivity contribution is 5.94. The minimum absolute atomic E-state index is 0.109. The maximum Gasteiger partial charge on any atom is 0.323 e. The lowest BCUT2D eigenvalue weighted by molar-refractivity contribution is -0.148. The van der Waals surface area contributed by atoms with Crippen LogP contribution in [0, 0.1) is 0 Å². The molecule has 1 atom stereocenters. The minimum Gasteiger partial charge on any atom is -0.481 e. The first-order valence-electron chi connectivity index (χ1n) is 7.12. The Hall–Kier alpha value is -2.41. The van der Waals surface area contributed by atoms with Gasteiger partial charge < -0.3 is 19.5 Å². The van der Waals surface area contributed by atoms with E-state index in [1.54, 1.807) is 24.3 Å². The summed E-state index contributed by atoms with van der Waals surface area (Å²) in [4.78, 5) is 35.7. The molecule has 0 aliphatic rings. The third-order valence-corrected chi connectivity index (χ3v) is 3.10. The Morgan fingerprint density at radius 2 is 2.00 bits per heavy atom. The summed E-state index contributed by atoms with van der Waals surface area (Å²) in [6.45, 7) is 2.93. The first-order chi connectivity index (χ1) is 10.8. The molecule has 1 amide bonds. The smallest absolute Gasteiger partial charge is 0.323 e. The summed E-state index contributed by atoms with van der Waals surface area (Å²) in [5.41, 5.74) is 0.476. The standard InChI is InChI=1S/C16H21NO6/c1-11(18)13-5-4-6-14(9-13)23-12(2)16(21)17(7-8-22-3)10-15(19)20/h4-6,9,12H,7-8,10H2,1-3H3,(H,19,20). The van der Waals surface area contributed by atoms with E-state index in [4.69, 9.17) is 14.6 Å². The zero-order valence-electron chi connectivity index (χ0n) is 13.4. The van der Waals surface area contributed by atoms with Gasteiger partial charge in [-0.1, -0.05) is 12.1 Å². The summed E-state index contributed by atoms with van der Waals surface area (Å²) in [5.74, 6) is -1.31. The monoisotopic (exact) mass is 323 g/mol. The van der Waals surface area contributed by atoms with E-state index in [0.29, 0.717) is 11.3 Å². The lowest BCUT2D eigenvalue weighted by atomic mass is 10.1. The number of methoxy groups -OCH3 is 1. The van der Waals surface area contributed by atoms with E-state index in [-0.39, 0.29) is 18.9 Å². The van der Waals surface area contributed by atoms with Crippen molar-refractivity contribution in [3.8, 4) is 5.75 Å². The Morgan fingerprint density at radius 3 is 2.57 bits per heavy atom.